The zero-order chi connectivity index (χ0) is 19.6. The lowest BCUT2D eigenvalue weighted by Crippen LogP contribution is -2.45. The van der Waals surface area contributed by atoms with Gasteiger partial charge in [-0.2, -0.15) is 0 Å². The van der Waals surface area contributed by atoms with Crippen LogP contribution in [0.1, 0.15) is 42.9 Å². The number of rotatable bonds is 8. The molecule has 2 rings (SSSR count). The van der Waals surface area contributed by atoms with E-state index in [0.29, 0.717) is 11.1 Å². The fourth-order valence-corrected chi connectivity index (χ4v) is 4.77. The van der Waals surface area contributed by atoms with E-state index >= 15 is 0 Å². The number of amides is 1. The largest absolute Gasteiger partial charge is 0.480 e. The summed E-state index contributed by atoms with van der Waals surface area (Å²) in [5.41, 5.74) is 2.29. The second kappa shape index (κ2) is 7.75. The van der Waals surface area contributed by atoms with Crippen LogP contribution in [0.4, 0.5) is 0 Å². The van der Waals surface area contributed by atoms with E-state index in [1.807, 2.05) is 6.92 Å². The Labute approximate surface area is 154 Å². The van der Waals surface area contributed by atoms with Crippen LogP contribution in [0, 0.1) is 20.8 Å². The van der Waals surface area contributed by atoms with Crippen molar-refractivity contribution in [3.8, 4) is 0 Å². The number of carbonyl (C=O) groups excluding carboxylic acids is 1. The second-order valence-corrected chi connectivity index (χ2v) is 8.63. The molecule has 8 heteroatoms. The molecule has 0 aromatic heterocycles. The van der Waals surface area contributed by atoms with Gasteiger partial charge < -0.3 is 10.0 Å². The van der Waals surface area contributed by atoms with Gasteiger partial charge in [0.2, 0.25) is 15.9 Å². The van der Waals surface area contributed by atoms with Crippen molar-refractivity contribution in [3.05, 3.63) is 28.8 Å². The molecule has 0 radical (unpaired) electrons. The SMILES string of the molecule is Cc1cc(C)c(S(=O)(=O)NCCC(=O)N(C2CC2)C(C)C(=O)O)c(C)c1. The van der Waals surface area contributed by atoms with E-state index < -0.39 is 22.0 Å². The van der Waals surface area contributed by atoms with Crippen LogP contribution < -0.4 is 4.72 Å². The summed E-state index contributed by atoms with van der Waals surface area (Å²) in [6.07, 6.45) is 1.50. The molecule has 26 heavy (non-hydrogen) atoms. The van der Waals surface area contributed by atoms with Gasteiger partial charge in [-0.1, -0.05) is 17.7 Å². The third-order valence-corrected chi connectivity index (χ3v) is 6.27. The quantitative estimate of drug-likeness (QED) is 0.713. The Hall–Kier alpha value is -1.93. The molecule has 1 fully saturated rings. The topological polar surface area (TPSA) is 104 Å². The molecule has 1 unspecified atom stereocenters. The average molecular weight is 382 g/mol. The number of carboxylic acid groups (broad SMARTS) is 1. The van der Waals surface area contributed by atoms with E-state index in [9.17, 15) is 18.0 Å². The van der Waals surface area contributed by atoms with Crippen LogP contribution in [0.3, 0.4) is 0 Å². The highest BCUT2D eigenvalue weighted by molar-refractivity contribution is 7.89. The number of nitrogens with one attached hydrogen (secondary N) is 1. The van der Waals surface area contributed by atoms with Gasteiger partial charge in [0.05, 0.1) is 4.90 Å². The highest BCUT2D eigenvalue weighted by atomic mass is 32.2. The Morgan fingerprint density at radius 3 is 2.23 bits per heavy atom. The molecule has 0 aliphatic heterocycles. The van der Waals surface area contributed by atoms with Crippen molar-refractivity contribution in [1.29, 1.82) is 0 Å². The summed E-state index contributed by atoms with van der Waals surface area (Å²) in [6.45, 7) is 6.79. The second-order valence-electron chi connectivity index (χ2n) is 6.92. The molecule has 1 aliphatic rings. The molecule has 2 N–H and O–H groups in total. The molecule has 1 aliphatic carbocycles. The van der Waals surface area contributed by atoms with E-state index in [1.54, 1.807) is 26.0 Å². The molecule has 1 atom stereocenters. The number of carbonyl (C=O) groups is 2. The van der Waals surface area contributed by atoms with Crippen molar-refractivity contribution >= 4 is 21.9 Å². The lowest BCUT2D eigenvalue weighted by atomic mass is 10.1. The van der Waals surface area contributed by atoms with E-state index in [0.717, 1.165) is 18.4 Å². The molecule has 1 saturated carbocycles. The van der Waals surface area contributed by atoms with E-state index in [-0.39, 0.29) is 29.8 Å². The fraction of sp³-hybridized carbons (Fsp3) is 0.556. The van der Waals surface area contributed by atoms with Gasteiger partial charge in [-0.25, -0.2) is 17.9 Å². The van der Waals surface area contributed by atoms with Crippen molar-refractivity contribution in [2.75, 3.05) is 6.54 Å². The Morgan fingerprint density at radius 2 is 1.77 bits per heavy atom. The van der Waals surface area contributed by atoms with Crippen LogP contribution in [0.25, 0.3) is 0 Å². The first-order valence-corrected chi connectivity index (χ1v) is 10.1. The van der Waals surface area contributed by atoms with E-state index in [1.165, 1.54) is 11.8 Å². The number of nitrogens with zero attached hydrogens (tertiary/aromatic N) is 1. The molecule has 1 aromatic carbocycles. The number of sulfonamides is 1. The Bertz CT molecular complexity index is 792. The van der Waals surface area contributed by atoms with Crippen LogP contribution in [0.15, 0.2) is 17.0 Å². The fourth-order valence-electron chi connectivity index (χ4n) is 3.29. The third-order valence-electron chi connectivity index (χ3n) is 4.51. The zero-order valence-electron chi connectivity index (χ0n) is 15.6. The molecular weight excluding hydrogens is 356 g/mol. The number of hydrogen-bond acceptors (Lipinski definition) is 4. The first-order valence-electron chi connectivity index (χ1n) is 8.66. The molecule has 1 aromatic rings. The standard InChI is InChI=1S/C18H26N2O5S/c1-11-9-12(2)17(13(3)10-11)26(24,25)19-8-7-16(21)20(15-5-6-15)14(4)18(22)23/h9-10,14-15,19H,5-8H2,1-4H3,(H,22,23). The van der Waals surface area contributed by atoms with Crippen molar-refractivity contribution < 1.29 is 23.1 Å². The van der Waals surface area contributed by atoms with Crippen molar-refractivity contribution in [2.45, 2.75) is 63.9 Å². The highest BCUT2D eigenvalue weighted by Gasteiger charge is 2.38. The maximum Gasteiger partial charge on any atom is 0.326 e. The molecular formula is C18H26N2O5S. The maximum atomic E-state index is 12.6. The Balaban J connectivity index is 2.04. The molecule has 1 amide bonds. The molecule has 0 spiro atoms. The predicted molar refractivity (Wildman–Crippen MR) is 97.4 cm³/mol. The molecule has 0 bridgehead atoms. The minimum atomic E-state index is -3.74. The third kappa shape index (κ3) is 4.62. The molecule has 0 saturated heterocycles. The van der Waals surface area contributed by atoms with E-state index in [4.69, 9.17) is 5.11 Å². The number of carboxylic acids is 1. The Morgan fingerprint density at radius 1 is 1.23 bits per heavy atom. The van der Waals surface area contributed by atoms with Gasteiger partial charge in [0, 0.05) is 19.0 Å². The lowest BCUT2D eigenvalue weighted by Gasteiger charge is -2.26. The summed E-state index contributed by atoms with van der Waals surface area (Å²) in [7, 11) is -3.74. The van der Waals surface area contributed by atoms with Gasteiger partial charge in [0.15, 0.2) is 0 Å². The van der Waals surface area contributed by atoms with Gasteiger partial charge in [-0.15, -0.1) is 0 Å². The van der Waals surface area contributed by atoms with E-state index in [2.05, 4.69) is 4.72 Å². The maximum absolute atomic E-state index is 12.6. The normalized spacial score (nSPS) is 15.5. The summed E-state index contributed by atoms with van der Waals surface area (Å²) >= 11 is 0. The van der Waals surface area contributed by atoms with Crippen LogP contribution in [0.2, 0.25) is 0 Å². The average Bonchev–Trinajstić information content (AvgIpc) is 3.30. The molecule has 7 nitrogen and oxygen atoms in total. The van der Waals surface area contributed by atoms with Crippen molar-refractivity contribution in [3.63, 3.8) is 0 Å². The lowest BCUT2D eigenvalue weighted by molar-refractivity contribution is -0.150. The first kappa shape index (κ1) is 20.4. The Kier molecular flexibility index (Phi) is 6.08. The smallest absolute Gasteiger partial charge is 0.326 e. The summed E-state index contributed by atoms with van der Waals surface area (Å²) in [5, 5.41) is 9.16. The monoisotopic (exact) mass is 382 g/mol. The summed E-state index contributed by atoms with van der Waals surface area (Å²) in [4.78, 5) is 25.2. The minimum absolute atomic E-state index is 0.0493. The van der Waals surface area contributed by atoms with Crippen molar-refractivity contribution in [2.24, 2.45) is 0 Å². The number of aliphatic carboxylic acids is 1. The van der Waals surface area contributed by atoms with Crippen LogP contribution in [0.5, 0.6) is 0 Å². The highest BCUT2D eigenvalue weighted by Crippen LogP contribution is 2.29. The number of benzene rings is 1. The van der Waals surface area contributed by atoms with Gasteiger partial charge in [-0.05, 0) is 51.7 Å². The summed E-state index contributed by atoms with van der Waals surface area (Å²) in [6, 6.07) is 2.64. The predicted octanol–water partition coefficient (Wildman–Crippen LogP) is 1.74. The summed E-state index contributed by atoms with van der Waals surface area (Å²) < 4.78 is 27.7. The summed E-state index contributed by atoms with van der Waals surface area (Å²) in [5.74, 6) is -1.40. The number of aryl methyl sites for hydroxylation is 3. The van der Waals surface area contributed by atoms with Crippen LogP contribution in [-0.2, 0) is 19.6 Å². The van der Waals surface area contributed by atoms with Gasteiger partial charge in [0.1, 0.15) is 6.04 Å². The zero-order valence-corrected chi connectivity index (χ0v) is 16.4. The first-order chi connectivity index (χ1) is 12.0. The van der Waals surface area contributed by atoms with Gasteiger partial charge >= 0.3 is 5.97 Å². The molecule has 144 valence electrons. The van der Waals surface area contributed by atoms with Crippen LogP contribution in [-0.4, -0.2) is 48.9 Å². The van der Waals surface area contributed by atoms with Crippen LogP contribution >= 0.6 is 0 Å². The molecule has 0 heterocycles. The minimum Gasteiger partial charge on any atom is -0.480 e. The van der Waals surface area contributed by atoms with Crippen molar-refractivity contribution in [1.82, 2.24) is 9.62 Å². The van der Waals surface area contributed by atoms with Gasteiger partial charge in [0.25, 0.3) is 0 Å². The number of hydrogen-bond donors (Lipinski definition) is 2. The van der Waals surface area contributed by atoms with Gasteiger partial charge in [-0.3, -0.25) is 4.79 Å².